The van der Waals surface area contributed by atoms with E-state index < -0.39 is 62.8 Å². The number of imidazole rings is 1. The first-order valence-electron chi connectivity index (χ1n) is 10.5. The van der Waals surface area contributed by atoms with Gasteiger partial charge in [-0.05, 0) is 32.3 Å². The highest BCUT2D eigenvalue weighted by molar-refractivity contribution is 7.36. The van der Waals surface area contributed by atoms with E-state index in [0.717, 1.165) is 17.8 Å². The van der Waals surface area contributed by atoms with Crippen LogP contribution in [0.5, 0.6) is 0 Å². The summed E-state index contributed by atoms with van der Waals surface area (Å²) in [5, 5.41) is 12.7. The molecule has 6 atom stereocenters. The molecule has 1 saturated heterocycles. The summed E-state index contributed by atoms with van der Waals surface area (Å²) in [5.74, 6) is -3.78. The molecule has 2 aromatic rings. The smallest absolute Gasteiger partial charge is 0.462 e. The second-order valence-corrected chi connectivity index (χ2v) is 9.74. The lowest BCUT2D eigenvalue weighted by atomic mass is 9.97. The summed E-state index contributed by atoms with van der Waals surface area (Å²) in [4.78, 5) is 24.6. The van der Waals surface area contributed by atoms with Crippen LogP contribution >= 0.6 is 8.18 Å². The average Bonchev–Trinajstić information content (AvgIpc) is 3.24. The SMILES string of the molecule is CC(C)OC(=O)[C@H](C)N[P+](=O)OC[C@@]1(F)O[C@@H](n2cnc3c(N(C)C)nc(F)nc32)[C@](C)(F)[C@@H]1O. The van der Waals surface area contributed by atoms with Gasteiger partial charge in [-0.25, -0.2) is 13.8 Å². The monoisotopic (exact) mass is 523 g/mol. The predicted molar refractivity (Wildman–Crippen MR) is 116 cm³/mol. The van der Waals surface area contributed by atoms with Crippen molar-refractivity contribution in [3.05, 3.63) is 12.4 Å². The summed E-state index contributed by atoms with van der Waals surface area (Å²) in [5.41, 5.74) is -2.87. The highest BCUT2D eigenvalue weighted by atomic mass is 31.1. The minimum absolute atomic E-state index is 0.0902. The molecule has 0 amide bonds. The molecule has 194 valence electrons. The van der Waals surface area contributed by atoms with Crippen LogP contribution in [0.15, 0.2) is 6.33 Å². The van der Waals surface area contributed by atoms with E-state index >= 15 is 8.78 Å². The van der Waals surface area contributed by atoms with Crippen molar-refractivity contribution in [2.24, 2.45) is 0 Å². The third-order valence-corrected chi connectivity index (χ3v) is 6.13. The summed E-state index contributed by atoms with van der Waals surface area (Å²) < 4.78 is 73.2. The third kappa shape index (κ3) is 5.38. The summed E-state index contributed by atoms with van der Waals surface area (Å²) in [6.07, 6.45) is -4.73. The summed E-state index contributed by atoms with van der Waals surface area (Å²) in [7, 11) is 0.334. The number of esters is 1. The van der Waals surface area contributed by atoms with Gasteiger partial charge in [0.25, 0.3) is 5.85 Å². The molecule has 1 aliphatic heterocycles. The Balaban J connectivity index is 1.79. The van der Waals surface area contributed by atoms with Crippen LogP contribution in [0.2, 0.25) is 0 Å². The maximum Gasteiger partial charge on any atom is 0.614 e. The van der Waals surface area contributed by atoms with Gasteiger partial charge in [0.15, 0.2) is 41.6 Å². The molecule has 12 nitrogen and oxygen atoms in total. The quantitative estimate of drug-likeness (QED) is 0.283. The number of hydrogen-bond acceptors (Lipinski definition) is 10. The summed E-state index contributed by atoms with van der Waals surface area (Å²) in [6, 6.07) is -1.05. The number of rotatable bonds is 9. The number of aliphatic hydroxyl groups excluding tert-OH is 1. The molecule has 3 heterocycles. The maximum absolute atomic E-state index is 15.6. The fourth-order valence-electron chi connectivity index (χ4n) is 3.45. The van der Waals surface area contributed by atoms with Gasteiger partial charge in [-0.15, -0.1) is 4.52 Å². The molecule has 2 aromatic heterocycles. The molecular formula is C19H27F3N6O6P+. The molecule has 0 saturated carbocycles. The molecule has 0 bridgehead atoms. The molecule has 1 unspecified atom stereocenters. The Hall–Kier alpha value is -2.45. The van der Waals surface area contributed by atoms with E-state index in [2.05, 4.69) is 20.0 Å². The van der Waals surface area contributed by atoms with Gasteiger partial charge in [0.2, 0.25) is 0 Å². The van der Waals surface area contributed by atoms with E-state index in [-0.39, 0.29) is 17.0 Å². The highest BCUT2D eigenvalue weighted by Gasteiger charge is 2.65. The van der Waals surface area contributed by atoms with E-state index in [4.69, 9.17) is 14.0 Å². The number of carbonyl (C=O) groups is 1. The molecule has 1 fully saturated rings. The van der Waals surface area contributed by atoms with E-state index in [1.165, 1.54) is 11.8 Å². The zero-order chi connectivity index (χ0) is 26.3. The molecule has 0 radical (unpaired) electrons. The Morgan fingerprint density at radius 2 is 2.03 bits per heavy atom. The van der Waals surface area contributed by atoms with Crippen LogP contribution < -0.4 is 9.99 Å². The van der Waals surface area contributed by atoms with Crippen LogP contribution in [0.3, 0.4) is 0 Å². The molecule has 16 heteroatoms. The summed E-state index contributed by atoms with van der Waals surface area (Å²) >= 11 is 0. The predicted octanol–water partition coefficient (Wildman–Crippen LogP) is 1.92. The van der Waals surface area contributed by atoms with Crippen molar-refractivity contribution < 1.29 is 41.6 Å². The molecular weight excluding hydrogens is 496 g/mol. The van der Waals surface area contributed by atoms with Crippen molar-refractivity contribution in [1.82, 2.24) is 24.6 Å². The number of anilines is 1. The van der Waals surface area contributed by atoms with Gasteiger partial charge < -0.3 is 19.5 Å². The number of aliphatic hydroxyl groups is 1. The van der Waals surface area contributed by atoms with E-state index in [1.54, 1.807) is 27.9 Å². The number of halogens is 3. The van der Waals surface area contributed by atoms with E-state index in [0.29, 0.717) is 0 Å². The Kier molecular flexibility index (Phi) is 7.67. The molecule has 1 aliphatic rings. The first kappa shape index (κ1) is 27.1. The molecule has 0 spiro atoms. The second-order valence-electron chi connectivity index (χ2n) is 8.71. The van der Waals surface area contributed by atoms with Crippen molar-refractivity contribution in [3.8, 4) is 0 Å². The zero-order valence-electron chi connectivity index (χ0n) is 19.9. The van der Waals surface area contributed by atoms with E-state index in [9.17, 15) is 18.9 Å². The van der Waals surface area contributed by atoms with Crippen molar-refractivity contribution >= 4 is 31.1 Å². The largest absolute Gasteiger partial charge is 0.614 e. The van der Waals surface area contributed by atoms with Crippen LogP contribution in [0, 0.1) is 6.08 Å². The van der Waals surface area contributed by atoms with Gasteiger partial charge in [0, 0.05) is 14.1 Å². The minimum Gasteiger partial charge on any atom is -0.462 e. The van der Waals surface area contributed by atoms with Crippen molar-refractivity contribution in [2.75, 3.05) is 25.6 Å². The number of carbonyl (C=O) groups excluding carboxylic acids is 1. The number of aromatic nitrogens is 4. The van der Waals surface area contributed by atoms with Gasteiger partial charge in [-0.1, -0.05) is 5.09 Å². The van der Waals surface area contributed by atoms with Crippen LogP contribution in [0.4, 0.5) is 19.0 Å². The van der Waals surface area contributed by atoms with Crippen LogP contribution in [-0.2, 0) is 23.4 Å². The van der Waals surface area contributed by atoms with Crippen molar-refractivity contribution in [2.45, 2.75) is 63.7 Å². The summed E-state index contributed by atoms with van der Waals surface area (Å²) in [6.45, 7) is 4.33. The minimum atomic E-state index is -3.16. The standard InChI is InChI=1S/C19H27F3N6O6P/c1-9(2)33-14(29)10(3)26-35(31)32-7-19(22)15(30)18(4,21)16(34-19)28-8-23-11-12(27(5)6)24-17(20)25-13(11)28/h8-10,15-16,30H,7H2,1-6H3,(H,26,31)/q+1/t10-,15-,16+,18+,19+/m0/s1. The average molecular weight is 523 g/mol. The third-order valence-electron chi connectivity index (χ3n) is 5.17. The fourth-order valence-corrected chi connectivity index (χ4v) is 4.24. The fraction of sp³-hybridized carbons (Fsp3) is 0.684. The number of fused-ring (bicyclic) bond motifs is 1. The van der Waals surface area contributed by atoms with Crippen LogP contribution in [0.1, 0.15) is 33.9 Å². The number of nitrogens with one attached hydrogen (secondary N) is 1. The number of nitrogens with zero attached hydrogens (tertiary/aromatic N) is 5. The lowest BCUT2D eigenvalue weighted by Crippen LogP contribution is -2.46. The second kappa shape index (κ2) is 9.90. The zero-order valence-corrected chi connectivity index (χ0v) is 20.8. The highest BCUT2D eigenvalue weighted by Crippen LogP contribution is 2.49. The first-order valence-corrected chi connectivity index (χ1v) is 11.7. The molecule has 3 rings (SSSR count). The normalized spacial score (nSPS) is 27.9. The molecule has 35 heavy (non-hydrogen) atoms. The number of hydrogen-bond donors (Lipinski definition) is 2. The lowest BCUT2D eigenvalue weighted by Gasteiger charge is -2.24. The molecule has 2 N–H and O–H groups in total. The van der Waals surface area contributed by atoms with Crippen LogP contribution in [-0.4, -0.2) is 81.1 Å². The Morgan fingerprint density at radius 3 is 2.63 bits per heavy atom. The van der Waals surface area contributed by atoms with Gasteiger partial charge in [0.05, 0.1) is 12.4 Å². The number of ether oxygens (including phenoxy) is 2. The number of alkyl halides is 2. The Labute approximate surface area is 199 Å². The lowest BCUT2D eigenvalue weighted by molar-refractivity contribution is -0.201. The first-order chi connectivity index (χ1) is 16.2. The van der Waals surface area contributed by atoms with Gasteiger partial charge >= 0.3 is 20.2 Å². The Bertz CT molecular complexity index is 1120. The van der Waals surface area contributed by atoms with Crippen LogP contribution in [0.25, 0.3) is 11.2 Å². The maximum atomic E-state index is 15.6. The van der Waals surface area contributed by atoms with Crippen molar-refractivity contribution in [1.29, 1.82) is 0 Å². The Morgan fingerprint density at radius 1 is 1.37 bits per heavy atom. The van der Waals surface area contributed by atoms with Crippen molar-refractivity contribution in [3.63, 3.8) is 0 Å². The van der Waals surface area contributed by atoms with Gasteiger partial charge in [-0.3, -0.25) is 9.36 Å². The topological polar surface area (TPSA) is 141 Å². The van der Waals surface area contributed by atoms with E-state index in [1.807, 2.05) is 0 Å². The van der Waals surface area contributed by atoms with Gasteiger partial charge in [0.1, 0.15) is 6.04 Å². The molecule has 0 aliphatic carbocycles. The molecule has 0 aromatic carbocycles. The van der Waals surface area contributed by atoms with Gasteiger partial charge in [-0.2, -0.15) is 14.4 Å².